The fourth-order valence-electron chi connectivity index (χ4n) is 3.93. The second-order valence-electron chi connectivity index (χ2n) is 6.84. The predicted octanol–water partition coefficient (Wildman–Crippen LogP) is 3.27. The maximum Gasteiger partial charge on any atom is 0.268 e. The van der Waals surface area contributed by atoms with Crippen LogP contribution in [-0.4, -0.2) is 49.8 Å². The van der Waals surface area contributed by atoms with Gasteiger partial charge in [-0.3, -0.25) is 9.59 Å². The summed E-state index contributed by atoms with van der Waals surface area (Å²) in [6, 6.07) is 13.0. The molecule has 0 N–H and O–H groups in total. The van der Waals surface area contributed by atoms with Crippen molar-refractivity contribution in [1.82, 2.24) is 4.90 Å². The molecular weight excluding hydrogens is 412 g/mol. The van der Waals surface area contributed by atoms with E-state index in [2.05, 4.69) is 0 Å². The van der Waals surface area contributed by atoms with E-state index in [0.29, 0.717) is 29.6 Å². The Morgan fingerprint density at radius 2 is 2.03 bits per heavy atom. The van der Waals surface area contributed by atoms with Crippen molar-refractivity contribution in [3.05, 3.63) is 58.6 Å². The van der Waals surface area contributed by atoms with E-state index in [4.69, 9.17) is 21.1 Å². The molecule has 2 aromatic rings. The molecule has 152 valence electrons. The Labute approximate surface area is 178 Å². The van der Waals surface area contributed by atoms with Gasteiger partial charge in [-0.25, -0.2) is 0 Å². The third-order valence-corrected chi connectivity index (χ3v) is 7.04. The summed E-state index contributed by atoms with van der Waals surface area (Å²) >= 11 is 7.83. The number of amides is 2. The number of methoxy groups -OCH3 is 2. The molecule has 0 bridgehead atoms. The van der Waals surface area contributed by atoms with Gasteiger partial charge < -0.3 is 19.3 Å². The van der Waals surface area contributed by atoms with Crippen LogP contribution in [0.4, 0.5) is 5.69 Å². The predicted molar refractivity (Wildman–Crippen MR) is 113 cm³/mol. The lowest BCUT2D eigenvalue weighted by Gasteiger charge is -2.33. The zero-order chi connectivity index (χ0) is 20.6. The molecule has 1 spiro atoms. The standard InChI is InChI=1S/C21H21ClN2O4S/c1-27-13-19(25)24-9-10-29-21(24)16-11-15(28-2)7-8-18(16)23(20(21)26)12-14-5-3-4-6-17(14)22/h3-8,11H,9-10,12-13H2,1-2H3/t21-/m0/s1. The highest BCUT2D eigenvalue weighted by atomic mass is 35.5. The van der Waals surface area contributed by atoms with E-state index in [1.54, 1.807) is 23.0 Å². The number of carbonyl (C=O) groups is 2. The van der Waals surface area contributed by atoms with Gasteiger partial charge >= 0.3 is 0 Å². The Kier molecular flexibility index (Phi) is 5.46. The number of anilines is 1. The molecule has 2 aliphatic rings. The van der Waals surface area contributed by atoms with E-state index in [1.807, 2.05) is 36.4 Å². The first kappa shape index (κ1) is 20.1. The van der Waals surface area contributed by atoms with Crippen molar-refractivity contribution < 1.29 is 19.1 Å². The maximum absolute atomic E-state index is 13.8. The van der Waals surface area contributed by atoms with Gasteiger partial charge in [0.15, 0.2) is 4.87 Å². The van der Waals surface area contributed by atoms with Crippen molar-refractivity contribution >= 4 is 40.9 Å². The van der Waals surface area contributed by atoms with E-state index in [-0.39, 0.29) is 18.4 Å². The highest BCUT2D eigenvalue weighted by molar-refractivity contribution is 8.01. The van der Waals surface area contributed by atoms with Crippen LogP contribution < -0.4 is 9.64 Å². The summed E-state index contributed by atoms with van der Waals surface area (Å²) in [5, 5.41) is 0.600. The van der Waals surface area contributed by atoms with Crippen LogP contribution in [-0.2, 0) is 25.7 Å². The number of rotatable bonds is 5. The van der Waals surface area contributed by atoms with Gasteiger partial charge in [0.25, 0.3) is 5.91 Å². The van der Waals surface area contributed by atoms with Crippen molar-refractivity contribution in [2.75, 3.05) is 38.0 Å². The number of hydrogen-bond donors (Lipinski definition) is 0. The van der Waals surface area contributed by atoms with Gasteiger partial charge in [0.2, 0.25) is 5.91 Å². The first-order chi connectivity index (χ1) is 14.0. The third-order valence-electron chi connectivity index (χ3n) is 5.26. The molecule has 0 unspecified atom stereocenters. The first-order valence-electron chi connectivity index (χ1n) is 9.20. The molecule has 0 saturated carbocycles. The smallest absolute Gasteiger partial charge is 0.268 e. The molecule has 29 heavy (non-hydrogen) atoms. The SMILES string of the molecule is COCC(=O)N1CCS[C@@]12C(=O)N(Cc1ccccc1Cl)c1ccc(OC)cc12. The van der Waals surface area contributed by atoms with Crippen LogP contribution in [0.25, 0.3) is 0 Å². The van der Waals surface area contributed by atoms with Crippen LogP contribution in [0.15, 0.2) is 42.5 Å². The molecule has 0 radical (unpaired) electrons. The Morgan fingerprint density at radius 1 is 1.24 bits per heavy atom. The number of carbonyl (C=O) groups excluding carboxylic acids is 2. The molecule has 2 aliphatic heterocycles. The summed E-state index contributed by atoms with van der Waals surface area (Å²) in [5.74, 6) is 0.951. The molecule has 1 atom stereocenters. The third kappa shape index (κ3) is 3.17. The Balaban J connectivity index is 1.82. The summed E-state index contributed by atoms with van der Waals surface area (Å²) < 4.78 is 10.5. The molecule has 0 aromatic heterocycles. The van der Waals surface area contributed by atoms with Crippen molar-refractivity contribution in [3.8, 4) is 5.75 Å². The molecule has 2 amide bonds. The average molecular weight is 433 g/mol. The molecule has 1 saturated heterocycles. The highest BCUT2D eigenvalue weighted by Crippen LogP contribution is 2.55. The average Bonchev–Trinajstić information content (AvgIpc) is 3.27. The lowest BCUT2D eigenvalue weighted by atomic mass is 10.1. The second-order valence-corrected chi connectivity index (χ2v) is 8.53. The van der Waals surface area contributed by atoms with Crippen molar-refractivity contribution in [2.24, 2.45) is 0 Å². The summed E-state index contributed by atoms with van der Waals surface area (Å²) in [5.41, 5.74) is 2.38. The summed E-state index contributed by atoms with van der Waals surface area (Å²) in [6.07, 6.45) is 0. The van der Waals surface area contributed by atoms with Gasteiger partial charge in [0, 0.05) is 30.0 Å². The fourth-order valence-corrected chi connectivity index (χ4v) is 5.60. The normalized spacial score (nSPS) is 20.4. The maximum atomic E-state index is 13.8. The van der Waals surface area contributed by atoms with E-state index in [1.165, 1.54) is 18.9 Å². The lowest BCUT2D eigenvalue weighted by molar-refractivity contribution is -0.143. The molecule has 0 aliphatic carbocycles. The van der Waals surface area contributed by atoms with Gasteiger partial charge in [-0.05, 0) is 29.8 Å². The lowest BCUT2D eigenvalue weighted by Crippen LogP contribution is -2.51. The number of hydrogen-bond acceptors (Lipinski definition) is 5. The van der Waals surface area contributed by atoms with E-state index < -0.39 is 4.87 Å². The van der Waals surface area contributed by atoms with Crippen LogP contribution in [0.5, 0.6) is 5.75 Å². The first-order valence-corrected chi connectivity index (χ1v) is 10.6. The van der Waals surface area contributed by atoms with E-state index in [9.17, 15) is 9.59 Å². The quantitative estimate of drug-likeness (QED) is 0.725. The largest absolute Gasteiger partial charge is 0.497 e. The summed E-state index contributed by atoms with van der Waals surface area (Å²) in [7, 11) is 3.06. The van der Waals surface area contributed by atoms with Gasteiger partial charge in [0.1, 0.15) is 12.4 Å². The number of benzene rings is 2. The number of fused-ring (bicyclic) bond motifs is 2. The number of ether oxygens (including phenoxy) is 2. The topological polar surface area (TPSA) is 59.1 Å². The highest BCUT2D eigenvalue weighted by Gasteiger charge is 2.59. The number of nitrogens with zero attached hydrogens (tertiary/aromatic N) is 2. The monoisotopic (exact) mass is 432 g/mol. The minimum atomic E-state index is -1.11. The molecule has 2 aromatic carbocycles. The molecule has 6 nitrogen and oxygen atoms in total. The van der Waals surface area contributed by atoms with Crippen molar-refractivity contribution in [1.29, 1.82) is 0 Å². The van der Waals surface area contributed by atoms with Crippen LogP contribution >= 0.6 is 23.4 Å². The molecule has 2 heterocycles. The Morgan fingerprint density at radius 3 is 2.76 bits per heavy atom. The summed E-state index contributed by atoms with van der Waals surface area (Å²) in [6.45, 7) is 0.737. The molecular formula is C21H21ClN2O4S. The van der Waals surface area contributed by atoms with E-state index in [0.717, 1.165) is 16.8 Å². The van der Waals surface area contributed by atoms with Crippen molar-refractivity contribution in [3.63, 3.8) is 0 Å². The van der Waals surface area contributed by atoms with Crippen molar-refractivity contribution in [2.45, 2.75) is 11.4 Å². The van der Waals surface area contributed by atoms with Crippen LogP contribution in [0.2, 0.25) is 5.02 Å². The second kappa shape index (κ2) is 7.89. The van der Waals surface area contributed by atoms with Gasteiger partial charge in [-0.1, -0.05) is 29.8 Å². The zero-order valence-electron chi connectivity index (χ0n) is 16.2. The fraction of sp³-hybridized carbons (Fsp3) is 0.333. The molecule has 1 fully saturated rings. The van der Waals surface area contributed by atoms with Gasteiger partial charge in [-0.15, -0.1) is 11.8 Å². The van der Waals surface area contributed by atoms with Crippen LogP contribution in [0.3, 0.4) is 0 Å². The van der Waals surface area contributed by atoms with Crippen LogP contribution in [0, 0.1) is 0 Å². The van der Waals surface area contributed by atoms with E-state index >= 15 is 0 Å². The minimum Gasteiger partial charge on any atom is -0.497 e. The zero-order valence-corrected chi connectivity index (χ0v) is 17.8. The number of halogens is 1. The van der Waals surface area contributed by atoms with Gasteiger partial charge in [-0.2, -0.15) is 0 Å². The minimum absolute atomic E-state index is 0.0700. The van der Waals surface area contributed by atoms with Gasteiger partial charge in [0.05, 0.1) is 19.3 Å². The summed E-state index contributed by atoms with van der Waals surface area (Å²) in [4.78, 5) is 28.8. The number of thioether (sulfide) groups is 1. The molecule has 4 rings (SSSR count). The Bertz CT molecular complexity index is 969. The molecule has 8 heteroatoms. The van der Waals surface area contributed by atoms with Crippen LogP contribution in [0.1, 0.15) is 11.1 Å². The Hall–Kier alpha value is -2.22.